The standard InChI is InChI=1S/C21H20N4O3S/c1-11-13(10-22-24(11)4)9-16-19(27)25-18-14-7-5-6-8-15(14)28-21(3,17(18)12(2)26)23-20(25)29-16/h5-10,17-18H,1-4H3/b16-9+/t17-,18-,21-/m0/s1. The highest BCUT2D eigenvalue weighted by Gasteiger charge is 2.53. The smallest absolute Gasteiger partial charge is 0.270 e. The van der Waals surface area contributed by atoms with Gasteiger partial charge in [0.05, 0.1) is 16.8 Å². The van der Waals surface area contributed by atoms with Crippen molar-refractivity contribution < 1.29 is 9.53 Å². The predicted octanol–water partition coefficient (Wildman–Crippen LogP) is 1.32. The molecular weight excluding hydrogens is 388 g/mol. The van der Waals surface area contributed by atoms with Crippen LogP contribution in [0, 0.1) is 12.8 Å². The lowest BCUT2D eigenvalue weighted by atomic mass is 9.79. The fraction of sp³-hybridized carbons (Fsp3) is 0.333. The van der Waals surface area contributed by atoms with Crippen LogP contribution in [0.1, 0.15) is 36.7 Å². The van der Waals surface area contributed by atoms with Gasteiger partial charge in [-0.15, -0.1) is 0 Å². The molecule has 5 rings (SSSR count). The van der Waals surface area contributed by atoms with Crippen molar-refractivity contribution >= 4 is 23.2 Å². The number of aromatic nitrogens is 3. The Bertz CT molecular complexity index is 1350. The highest BCUT2D eigenvalue weighted by molar-refractivity contribution is 7.07. The molecule has 29 heavy (non-hydrogen) atoms. The van der Waals surface area contributed by atoms with Gasteiger partial charge in [0, 0.05) is 23.9 Å². The maximum atomic E-state index is 13.4. The topological polar surface area (TPSA) is 78.5 Å². The van der Waals surface area contributed by atoms with Crippen LogP contribution in [0.4, 0.5) is 0 Å². The number of rotatable bonds is 2. The van der Waals surface area contributed by atoms with Gasteiger partial charge in [-0.2, -0.15) is 5.10 Å². The van der Waals surface area contributed by atoms with Crippen molar-refractivity contribution in [3.63, 3.8) is 0 Å². The number of benzene rings is 1. The van der Waals surface area contributed by atoms with Crippen LogP contribution in [0.15, 0.2) is 40.2 Å². The summed E-state index contributed by atoms with van der Waals surface area (Å²) in [6, 6.07) is 7.13. The number of nitrogens with zero attached hydrogens (tertiary/aromatic N) is 4. The normalized spacial score (nSPS) is 25.0. The minimum atomic E-state index is -1.04. The second-order valence-corrected chi connectivity index (χ2v) is 8.73. The van der Waals surface area contributed by atoms with Crippen molar-refractivity contribution in [2.75, 3.05) is 0 Å². The Balaban J connectivity index is 1.82. The molecule has 0 fully saturated rings. The number of ketones is 1. The van der Waals surface area contributed by atoms with Crippen LogP contribution >= 0.6 is 11.3 Å². The van der Waals surface area contributed by atoms with Crippen LogP contribution in [0.3, 0.4) is 0 Å². The van der Waals surface area contributed by atoms with Crippen molar-refractivity contribution in [1.29, 1.82) is 0 Å². The molecule has 0 spiro atoms. The summed E-state index contributed by atoms with van der Waals surface area (Å²) in [5.41, 5.74) is 1.51. The summed E-state index contributed by atoms with van der Waals surface area (Å²) in [7, 11) is 1.87. The number of aryl methyl sites for hydroxylation is 1. The molecule has 0 aliphatic carbocycles. The van der Waals surface area contributed by atoms with E-state index in [4.69, 9.17) is 9.73 Å². The molecule has 2 bridgehead atoms. The van der Waals surface area contributed by atoms with Crippen molar-refractivity contribution in [1.82, 2.24) is 14.3 Å². The molecule has 7 nitrogen and oxygen atoms in total. The molecule has 2 aliphatic rings. The Labute approximate surface area is 170 Å². The van der Waals surface area contributed by atoms with Gasteiger partial charge in [-0.25, -0.2) is 4.99 Å². The molecule has 3 aromatic rings. The number of hydrogen-bond donors (Lipinski definition) is 0. The minimum absolute atomic E-state index is 0.0480. The number of thiazole rings is 1. The Morgan fingerprint density at radius 1 is 1.34 bits per heavy atom. The first-order valence-corrected chi connectivity index (χ1v) is 10.2. The molecule has 8 heteroatoms. The van der Waals surface area contributed by atoms with Gasteiger partial charge in [0.2, 0.25) is 5.72 Å². The summed E-state index contributed by atoms with van der Waals surface area (Å²) in [6.45, 7) is 5.32. The van der Waals surface area contributed by atoms with Gasteiger partial charge >= 0.3 is 0 Å². The molecule has 0 radical (unpaired) electrons. The zero-order valence-electron chi connectivity index (χ0n) is 16.5. The third-order valence-corrected chi connectivity index (χ3v) is 6.86. The maximum Gasteiger partial charge on any atom is 0.270 e. The van der Waals surface area contributed by atoms with E-state index < -0.39 is 17.7 Å². The second-order valence-electron chi connectivity index (χ2n) is 7.72. The van der Waals surface area contributed by atoms with Crippen LogP contribution in [0.25, 0.3) is 6.08 Å². The molecule has 3 atom stereocenters. The molecule has 0 saturated heterocycles. The SMILES string of the molecule is CC(=O)[C@H]1[C@@H]2c3ccccc3O[C@]1(C)N=c1s/c(=C/c3cnn(C)c3C)c(=O)n12. The quantitative estimate of drug-likeness (QED) is 0.641. The summed E-state index contributed by atoms with van der Waals surface area (Å²) in [4.78, 5) is 31.4. The van der Waals surface area contributed by atoms with Crippen molar-refractivity contribution in [2.24, 2.45) is 18.0 Å². The number of para-hydroxylation sites is 1. The van der Waals surface area contributed by atoms with Crippen LogP contribution in [0.2, 0.25) is 0 Å². The zero-order valence-corrected chi connectivity index (χ0v) is 17.4. The van der Waals surface area contributed by atoms with E-state index in [0.717, 1.165) is 16.8 Å². The van der Waals surface area contributed by atoms with E-state index in [9.17, 15) is 9.59 Å². The summed E-state index contributed by atoms with van der Waals surface area (Å²) in [5.74, 6) is 0.0527. The number of carbonyl (C=O) groups is 1. The lowest BCUT2D eigenvalue weighted by Gasteiger charge is -2.45. The number of fused-ring (bicyclic) bond motifs is 6. The van der Waals surface area contributed by atoms with Gasteiger partial charge in [0.25, 0.3) is 5.56 Å². The molecule has 4 heterocycles. The lowest BCUT2D eigenvalue weighted by molar-refractivity contribution is -0.132. The van der Waals surface area contributed by atoms with Crippen LogP contribution in [-0.2, 0) is 11.8 Å². The number of carbonyl (C=O) groups excluding carboxylic acids is 1. The van der Waals surface area contributed by atoms with E-state index in [1.807, 2.05) is 51.2 Å². The first-order valence-electron chi connectivity index (χ1n) is 9.40. The number of hydrogen-bond acceptors (Lipinski definition) is 6. The third-order valence-electron chi connectivity index (χ3n) is 5.88. The lowest BCUT2D eigenvalue weighted by Crippen LogP contribution is -2.58. The highest BCUT2D eigenvalue weighted by atomic mass is 32.1. The average molecular weight is 408 g/mol. The van der Waals surface area contributed by atoms with E-state index in [1.54, 1.807) is 15.4 Å². The van der Waals surface area contributed by atoms with E-state index in [1.165, 1.54) is 18.3 Å². The summed E-state index contributed by atoms with van der Waals surface area (Å²) < 4.78 is 10.2. The van der Waals surface area contributed by atoms with Crippen LogP contribution in [0.5, 0.6) is 5.75 Å². The fourth-order valence-corrected chi connectivity index (χ4v) is 5.44. The average Bonchev–Trinajstić information content (AvgIpc) is 3.13. The Morgan fingerprint density at radius 2 is 2.10 bits per heavy atom. The largest absolute Gasteiger partial charge is 0.465 e. The molecule has 0 amide bonds. The zero-order chi connectivity index (χ0) is 20.5. The van der Waals surface area contributed by atoms with Gasteiger partial charge < -0.3 is 4.74 Å². The Hall–Kier alpha value is -3.00. The highest BCUT2D eigenvalue weighted by Crippen LogP contribution is 2.47. The van der Waals surface area contributed by atoms with Gasteiger partial charge in [-0.1, -0.05) is 29.5 Å². The Kier molecular flexibility index (Phi) is 3.73. The molecule has 0 saturated carbocycles. The number of ether oxygens (including phenoxy) is 1. The van der Waals surface area contributed by atoms with E-state index in [0.29, 0.717) is 15.1 Å². The summed E-state index contributed by atoms with van der Waals surface area (Å²) in [5, 5.41) is 4.25. The molecule has 2 aliphatic heterocycles. The van der Waals surface area contributed by atoms with Crippen LogP contribution in [-0.4, -0.2) is 25.9 Å². The maximum absolute atomic E-state index is 13.4. The number of Topliss-reactive ketones (excluding diaryl/α,β-unsaturated/α-hetero) is 1. The first kappa shape index (κ1) is 18.1. The summed E-state index contributed by atoms with van der Waals surface area (Å²) in [6.07, 6.45) is 3.59. The molecular formula is C21H20N4O3S. The molecule has 1 aromatic carbocycles. The van der Waals surface area contributed by atoms with Crippen LogP contribution < -0.4 is 19.6 Å². The first-order chi connectivity index (χ1) is 13.8. The molecule has 0 unspecified atom stereocenters. The van der Waals surface area contributed by atoms with Gasteiger partial charge in [0.1, 0.15) is 17.5 Å². The van der Waals surface area contributed by atoms with Gasteiger partial charge in [0.15, 0.2) is 4.80 Å². The van der Waals surface area contributed by atoms with E-state index >= 15 is 0 Å². The minimum Gasteiger partial charge on any atom is -0.465 e. The summed E-state index contributed by atoms with van der Waals surface area (Å²) >= 11 is 1.32. The molecule has 2 aromatic heterocycles. The van der Waals surface area contributed by atoms with E-state index in [2.05, 4.69) is 5.10 Å². The fourth-order valence-electron chi connectivity index (χ4n) is 4.35. The molecule has 0 N–H and O–H groups in total. The second kappa shape index (κ2) is 6.00. The third kappa shape index (κ3) is 2.48. The van der Waals surface area contributed by atoms with E-state index in [-0.39, 0.29) is 11.3 Å². The van der Waals surface area contributed by atoms with Crippen molar-refractivity contribution in [3.8, 4) is 5.75 Å². The van der Waals surface area contributed by atoms with Crippen molar-refractivity contribution in [2.45, 2.75) is 32.5 Å². The van der Waals surface area contributed by atoms with Gasteiger partial charge in [-0.3, -0.25) is 18.8 Å². The predicted molar refractivity (Wildman–Crippen MR) is 109 cm³/mol. The molecule has 148 valence electrons. The Morgan fingerprint density at radius 3 is 2.79 bits per heavy atom. The van der Waals surface area contributed by atoms with Crippen molar-refractivity contribution in [3.05, 3.63) is 67.0 Å². The monoisotopic (exact) mass is 408 g/mol. The van der Waals surface area contributed by atoms with Gasteiger partial charge in [-0.05, 0) is 32.9 Å².